The van der Waals surface area contributed by atoms with Crippen molar-refractivity contribution in [3.63, 3.8) is 0 Å². The molecule has 1 saturated heterocycles. The average Bonchev–Trinajstić information content (AvgIpc) is 2.37. The molecular weight excluding hydrogens is 238 g/mol. The number of nitrogens with one attached hydrogen (secondary N) is 1. The molecule has 0 bridgehead atoms. The molecule has 4 nitrogen and oxygen atoms in total. The van der Waals surface area contributed by atoms with Crippen LogP contribution >= 0.6 is 0 Å². The molecule has 0 spiro atoms. The molecule has 1 unspecified atom stereocenters. The van der Waals surface area contributed by atoms with E-state index in [-0.39, 0.29) is 5.91 Å². The van der Waals surface area contributed by atoms with Crippen molar-refractivity contribution in [2.75, 3.05) is 25.0 Å². The van der Waals surface area contributed by atoms with Crippen molar-refractivity contribution in [3.8, 4) is 0 Å². The van der Waals surface area contributed by atoms with E-state index >= 15 is 0 Å². The number of aromatic nitrogens is 1. The lowest BCUT2D eigenvalue weighted by Gasteiger charge is -2.31. The van der Waals surface area contributed by atoms with Crippen LogP contribution in [-0.2, 0) is 0 Å². The fourth-order valence-corrected chi connectivity index (χ4v) is 2.62. The maximum atomic E-state index is 12.5. The number of hydrogen-bond acceptors (Lipinski definition) is 3. The standard InChI is InChI=1S/C15H23N3O/c1-4-16-14-9-13(8-12(3)17-14)15(19)18-7-5-6-11(2)10-18/h8-9,11H,4-7,10H2,1-3H3,(H,16,17). The molecule has 0 aliphatic carbocycles. The highest BCUT2D eigenvalue weighted by Crippen LogP contribution is 2.19. The van der Waals surface area contributed by atoms with E-state index in [1.807, 2.05) is 30.9 Å². The van der Waals surface area contributed by atoms with Gasteiger partial charge in [0, 0.05) is 30.9 Å². The minimum Gasteiger partial charge on any atom is -0.370 e. The van der Waals surface area contributed by atoms with Crippen LogP contribution in [0.1, 0.15) is 42.7 Å². The van der Waals surface area contributed by atoms with Crippen LogP contribution in [0.4, 0.5) is 5.82 Å². The molecule has 1 aromatic heterocycles. The fraction of sp³-hybridized carbons (Fsp3) is 0.600. The number of carbonyl (C=O) groups excluding carboxylic acids is 1. The summed E-state index contributed by atoms with van der Waals surface area (Å²) in [4.78, 5) is 18.9. The van der Waals surface area contributed by atoms with Gasteiger partial charge in [-0.15, -0.1) is 0 Å². The molecule has 1 amide bonds. The molecule has 1 aliphatic rings. The number of anilines is 1. The number of hydrogen-bond donors (Lipinski definition) is 1. The number of carbonyl (C=O) groups is 1. The van der Waals surface area contributed by atoms with E-state index in [1.165, 1.54) is 6.42 Å². The van der Waals surface area contributed by atoms with Crippen molar-refractivity contribution < 1.29 is 4.79 Å². The van der Waals surface area contributed by atoms with Crippen LogP contribution < -0.4 is 5.32 Å². The topological polar surface area (TPSA) is 45.2 Å². The molecule has 104 valence electrons. The van der Waals surface area contributed by atoms with Crippen LogP contribution in [0.5, 0.6) is 0 Å². The molecule has 0 aromatic carbocycles. The Balaban J connectivity index is 2.18. The van der Waals surface area contributed by atoms with Gasteiger partial charge in [0.25, 0.3) is 5.91 Å². The fourth-order valence-electron chi connectivity index (χ4n) is 2.62. The maximum absolute atomic E-state index is 12.5. The molecule has 4 heteroatoms. The number of piperidine rings is 1. The van der Waals surface area contributed by atoms with Crippen LogP contribution in [0.25, 0.3) is 0 Å². The predicted molar refractivity (Wildman–Crippen MR) is 77.4 cm³/mol. The molecule has 2 rings (SSSR count). The Morgan fingerprint density at radius 3 is 3.00 bits per heavy atom. The predicted octanol–water partition coefficient (Wildman–Crippen LogP) is 2.69. The summed E-state index contributed by atoms with van der Waals surface area (Å²) in [5, 5.41) is 3.17. The minimum absolute atomic E-state index is 0.135. The van der Waals surface area contributed by atoms with Gasteiger partial charge in [-0.3, -0.25) is 4.79 Å². The second-order valence-corrected chi connectivity index (χ2v) is 5.41. The smallest absolute Gasteiger partial charge is 0.254 e. The zero-order valence-electron chi connectivity index (χ0n) is 12.1. The van der Waals surface area contributed by atoms with Crippen molar-refractivity contribution in [2.24, 2.45) is 5.92 Å². The van der Waals surface area contributed by atoms with Gasteiger partial charge in [0.2, 0.25) is 0 Å². The van der Waals surface area contributed by atoms with Crippen molar-refractivity contribution in [1.29, 1.82) is 0 Å². The number of amides is 1. The highest BCUT2D eigenvalue weighted by Gasteiger charge is 2.22. The van der Waals surface area contributed by atoms with Crippen LogP contribution in [0.3, 0.4) is 0 Å². The highest BCUT2D eigenvalue weighted by molar-refractivity contribution is 5.95. The molecule has 1 N–H and O–H groups in total. The minimum atomic E-state index is 0.135. The van der Waals surface area contributed by atoms with E-state index in [0.29, 0.717) is 5.92 Å². The van der Waals surface area contributed by atoms with Gasteiger partial charge in [0.1, 0.15) is 5.82 Å². The van der Waals surface area contributed by atoms with Crippen LogP contribution in [0, 0.1) is 12.8 Å². The van der Waals surface area contributed by atoms with Crippen LogP contribution in [0.15, 0.2) is 12.1 Å². The first-order valence-electron chi connectivity index (χ1n) is 7.12. The highest BCUT2D eigenvalue weighted by atomic mass is 16.2. The molecule has 1 atom stereocenters. The van der Waals surface area contributed by atoms with Crippen molar-refractivity contribution in [2.45, 2.75) is 33.6 Å². The van der Waals surface area contributed by atoms with Gasteiger partial charge in [-0.25, -0.2) is 4.98 Å². The zero-order valence-corrected chi connectivity index (χ0v) is 12.1. The lowest BCUT2D eigenvalue weighted by Crippen LogP contribution is -2.39. The number of pyridine rings is 1. The summed E-state index contributed by atoms with van der Waals surface area (Å²) in [6, 6.07) is 3.74. The lowest BCUT2D eigenvalue weighted by atomic mass is 9.99. The quantitative estimate of drug-likeness (QED) is 0.910. The Morgan fingerprint density at radius 2 is 2.32 bits per heavy atom. The van der Waals surface area contributed by atoms with Gasteiger partial charge in [-0.2, -0.15) is 0 Å². The molecule has 0 saturated carbocycles. The SMILES string of the molecule is CCNc1cc(C(=O)N2CCCC(C)C2)cc(C)n1. The van der Waals surface area contributed by atoms with Crippen LogP contribution in [-0.4, -0.2) is 35.4 Å². The molecule has 0 radical (unpaired) electrons. The summed E-state index contributed by atoms with van der Waals surface area (Å²) < 4.78 is 0. The summed E-state index contributed by atoms with van der Waals surface area (Å²) in [6.07, 6.45) is 2.33. The first kappa shape index (κ1) is 13.8. The maximum Gasteiger partial charge on any atom is 0.254 e. The Bertz CT molecular complexity index is 459. The number of nitrogens with zero attached hydrogens (tertiary/aromatic N) is 2. The summed E-state index contributed by atoms with van der Waals surface area (Å²) >= 11 is 0. The lowest BCUT2D eigenvalue weighted by molar-refractivity contribution is 0.0683. The van der Waals surface area contributed by atoms with E-state index in [1.54, 1.807) is 0 Å². The first-order chi connectivity index (χ1) is 9.10. The summed E-state index contributed by atoms with van der Waals surface area (Å²) in [6.45, 7) is 8.72. The van der Waals surface area contributed by atoms with Gasteiger partial charge in [0.15, 0.2) is 0 Å². The average molecular weight is 261 g/mol. The third kappa shape index (κ3) is 3.46. The van der Waals surface area contributed by atoms with E-state index in [2.05, 4.69) is 17.2 Å². The van der Waals surface area contributed by atoms with Crippen molar-refractivity contribution >= 4 is 11.7 Å². The van der Waals surface area contributed by atoms with E-state index < -0.39 is 0 Å². The molecule has 2 heterocycles. The van der Waals surface area contributed by atoms with Gasteiger partial charge < -0.3 is 10.2 Å². The van der Waals surface area contributed by atoms with E-state index in [9.17, 15) is 4.79 Å². The van der Waals surface area contributed by atoms with Crippen LogP contribution in [0.2, 0.25) is 0 Å². The molecule has 1 aliphatic heterocycles. The third-order valence-corrected chi connectivity index (χ3v) is 3.50. The Labute approximate surface area is 115 Å². The van der Waals surface area contributed by atoms with Gasteiger partial charge in [-0.1, -0.05) is 6.92 Å². The van der Waals surface area contributed by atoms with Gasteiger partial charge in [0.05, 0.1) is 0 Å². The van der Waals surface area contributed by atoms with Gasteiger partial charge >= 0.3 is 0 Å². The summed E-state index contributed by atoms with van der Waals surface area (Å²) in [5.41, 5.74) is 1.63. The monoisotopic (exact) mass is 261 g/mol. The molecular formula is C15H23N3O. The molecule has 1 aromatic rings. The second-order valence-electron chi connectivity index (χ2n) is 5.41. The van der Waals surface area contributed by atoms with Crippen molar-refractivity contribution in [3.05, 3.63) is 23.4 Å². The molecule has 1 fully saturated rings. The first-order valence-corrected chi connectivity index (χ1v) is 7.12. The Morgan fingerprint density at radius 1 is 1.53 bits per heavy atom. The summed E-state index contributed by atoms with van der Waals surface area (Å²) in [5.74, 6) is 1.53. The second kappa shape index (κ2) is 6.04. The van der Waals surface area contributed by atoms with Crippen molar-refractivity contribution in [1.82, 2.24) is 9.88 Å². The molecule has 19 heavy (non-hydrogen) atoms. The normalized spacial score (nSPS) is 19.3. The third-order valence-electron chi connectivity index (χ3n) is 3.50. The summed E-state index contributed by atoms with van der Waals surface area (Å²) in [7, 11) is 0. The Hall–Kier alpha value is -1.58. The number of aryl methyl sites for hydroxylation is 1. The number of likely N-dealkylation sites (tertiary alicyclic amines) is 1. The van der Waals surface area contributed by atoms with E-state index in [0.717, 1.165) is 43.1 Å². The Kier molecular flexibility index (Phi) is 4.40. The zero-order chi connectivity index (χ0) is 13.8. The number of rotatable bonds is 3. The van der Waals surface area contributed by atoms with Gasteiger partial charge in [-0.05, 0) is 44.7 Å². The van der Waals surface area contributed by atoms with E-state index in [4.69, 9.17) is 0 Å². The largest absolute Gasteiger partial charge is 0.370 e.